The van der Waals surface area contributed by atoms with Crippen LogP contribution in [0.15, 0.2) is 18.2 Å². The van der Waals surface area contributed by atoms with Gasteiger partial charge in [0.05, 0.1) is 10.8 Å². The number of carboxylic acid groups (broad SMARTS) is 1. The Balaban J connectivity index is 2.26. The van der Waals surface area contributed by atoms with Crippen LogP contribution in [-0.4, -0.2) is 35.9 Å². The summed E-state index contributed by atoms with van der Waals surface area (Å²) in [6, 6.07) is 4.79. The molecule has 0 spiro atoms. The summed E-state index contributed by atoms with van der Waals surface area (Å²) in [7, 11) is 1.47. The number of thiophene rings is 1. The fraction of sp³-hybridized carbons (Fsp3) is 0.333. The highest BCUT2D eigenvalue weighted by Gasteiger charge is 2.19. The minimum Gasteiger partial charge on any atom is -0.504 e. The SMILES string of the molecule is COCOc1cc2sc(C(=O)C[C@H](C)C(=O)O)cc2cc1O. The highest BCUT2D eigenvalue weighted by molar-refractivity contribution is 7.20. The summed E-state index contributed by atoms with van der Waals surface area (Å²) < 4.78 is 10.8. The van der Waals surface area contributed by atoms with Gasteiger partial charge >= 0.3 is 5.97 Å². The van der Waals surface area contributed by atoms with Gasteiger partial charge in [0.1, 0.15) is 0 Å². The molecule has 0 radical (unpaired) electrons. The smallest absolute Gasteiger partial charge is 0.306 e. The molecule has 0 saturated heterocycles. The molecule has 6 nitrogen and oxygen atoms in total. The zero-order chi connectivity index (χ0) is 16.3. The lowest BCUT2D eigenvalue weighted by molar-refractivity contribution is -0.141. The topological polar surface area (TPSA) is 93.1 Å². The van der Waals surface area contributed by atoms with E-state index in [1.807, 2.05) is 0 Å². The summed E-state index contributed by atoms with van der Waals surface area (Å²) in [5.74, 6) is -1.72. The molecule has 0 aliphatic carbocycles. The van der Waals surface area contributed by atoms with Crippen molar-refractivity contribution in [2.24, 2.45) is 5.92 Å². The van der Waals surface area contributed by atoms with Crippen LogP contribution >= 0.6 is 11.3 Å². The van der Waals surface area contributed by atoms with E-state index in [1.165, 1.54) is 31.4 Å². The molecule has 2 N–H and O–H groups in total. The first kappa shape index (κ1) is 16.3. The van der Waals surface area contributed by atoms with Crippen LogP contribution in [0.2, 0.25) is 0 Å². The highest BCUT2D eigenvalue weighted by Crippen LogP contribution is 2.36. The largest absolute Gasteiger partial charge is 0.504 e. The van der Waals surface area contributed by atoms with Gasteiger partial charge in [0.25, 0.3) is 0 Å². The van der Waals surface area contributed by atoms with Crippen LogP contribution in [0.5, 0.6) is 11.5 Å². The van der Waals surface area contributed by atoms with Crippen LogP contribution < -0.4 is 4.74 Å². The first-order valence-corrected chi connectivity index (χ1v) is 7.38. The van der Waals surface area contributed by atoms with E-state index >= 15 is 0 Å². The molecule has 1 heterocycles. The number of fused-ring (bicyclic) bond motifs is 1. The van der Waals surface area contributed by atoms with Gasteiger partial charge in [0, 0.05) is 24.3 Å². The van der Waals surface area contributed by atoms with Crippen molar-refractivity contribution < 1.29 is 29.3 Å². The molecule has 2 rings (SSSR count). The Morgan fingerprint density at radius 1 is 1.32 bits per heavy atom. The summed E-state index contributed by atoms with van der Waals surface area (Å²) >= 11 is 1.24. The van der Waals surface area contributed by atoms with Crippen LogP contribution in [0.25, 0.3) is 10.1 Å². The van der Waals surface area contributed by atoms with Crippen LogP contribution in [0.4, 0.5) is 0 Å². The molecule has 0 bridgehead atoms. The van der Waals surface area contributed by atoms with Gasteiger partial charge in [-0.2, -0.15) is 0 Å². The quantitative estimate of drug-likeness (QED) is 0.601. The number of hydrogen-bond donors (Lipinski definition) is 2. The summed E-state index contributed by atoms with van der Waals surface area (Å²) in [5.41, 5.74) is 0. The van der Waals surface area contributed by atoms with Crippen molar-refractivity contribution in [3.8, 4) is 11.5 Å². The minimum atomic E-state index is -0.998. The van der Waals surface area contributed by atoms with Crippen LogP contribution in [0.3, 0.4) is 0 Å². The number of aromatic hydroxyl groups is 1. The van der Waals surface area contributed by atoms with E-state index in [4.69, 9.17) is 14.6 Å². The van der Waals surface area contributed by atoms with Gasteiger partial charge in [-0.05, 0) is 17.5 Å². The number of phenols is 1. The lowest BCUT2D eigenvalue weighted by Gasteiger charge is -2.06. The second-order valence-corrected chi connectivity index (χ2v) is 5.97. The zero-order valence-corrected chi connectivity index (χ0v) is 13.0. The van der Waals surface area contributed by atoms with E-state index in [2.05, 4.69) is 0 Å². The number of methoxy groups -OCH3 is 1. The molecule has 7 heteroatoms. The molecule has 118 valence electrons. The number of carbonyl (C=O) groups is 2. The maximum Gasteiger partial charge on any atom is 0.306 e. The molecule has 0 aliphatic heterocycles. The Bertz CT molecular complexity index is 705. The number of hydrogen-bond acceptors (Lipinski definition) is 6. The molecule has 0 saturated carbocycles. The molecule has 0 amide bonds. The van der Waals surface area contributed by atoms with Crippen molar-refractivity contribution in [1.82, 2.24) is 0 Å². The average molecular weight is 324 g/mol. The minimum absolute atomic E-state index is 0.00631. The molecule has 2 aromatic rings. The molecule has 22 heavy (non-hydrogen) atoms. The van der Waals surface area contributed by atoms with Crippen LogP contribution in [-0.2, 0) is 9.53 Å². The van der Waals surface area contributed by atoms with Crippen molar-refractivity contribution in [2.45, 2.75) is 13.3 Å². The third kappa shape index (κ3) is 3.55. The lowest BCUT2D eigenvalue weighted by Crippen LogP contribution is -2.13. The number of ketones is 1. The van der Waals surface area contributed by atoms with Gasteiger partial charge in [-0.25, -0.2) is 0 Å². The molecular weight excluding hydrogens is 308 g/mol. The fourth-order valence-corrected chi connectivity index (χ4v) is 2.92. The normalized spacial score (nSPS) is 12.3. The van der Waals surface area contributed by atoms with E-state index in [1.54, 1.807) is 12.1 Å². The number of ether oxygens (including phenoxy) is 2. The predicted molar refractivity (Wildman–Crippen MR) is 81.7 cm³/mol. The Labute approximate surface area is 130 Å². The maximum absolute atomic E-state index is 12.1. The average Bonchev–Trinajstić information content (AvgIpc) is 2.87. The standard InChI is InChI=1S/C15H16O6S/c1-8(15(18)19)3-11(17)14-5-9-4-10(16)12(21-7-20-2)6-13(9)22-14/h4-6,8,16H,3,7H2,1-2H3,(H,18,19)/t8-/m0/s1. The summed E-state index contributed by atoms with van der Waals surface area (Å²) in [6.45, 7) is 1.50. The van der Waals surface area contributed by atoms with Crippen molar-refractivity contribution in [2.75, 3.05) is 13.9 Å². The van der Waals surface area contributed by atoms with Crippen LogP contribution in [0.1, 0.15) is 23.0 Å². The fourth-order valence-electron chi connectivity index (χ4n) is 1.90. The number of carbonyl (C=O) groups excluding carboxylic acids is 1. The van der Waals surface area contributed by atoms with Gasteiger partial charge in [0.2, 0.25) is 0 Å². The molecule has 0 unspecified atom stereocenters. The van der Waals surface area contributed by atoms with Gasteiger partial charge in [-0.15, -0.1) is 11.3 Å². The van der Waals surface area contributed by atoms with E-state index in [9.17, 15) is 14.7 Å². The number of Topliss-reactive ketones (excluding diaryl/α,β-unsaturated/α-hetero) is 1. The van der Waals surface area contributed by atoms with Gasteiger partial charge in [-0.3, -0.25) is 9.59 Å². The monoisotopic (exact) mass is 324 g/mol. The molecule has 0 fully saturated rings. The Hall–Kier alpha value is -2.12. The first-order valence-electron chi connectivity index (χ1n) is 6.56. The lowest BCUT2D eigenvalue weighted by atomic mass is 10.0. The van der Waals surface area contributed by atoms with Gasteiger partial charge < -0.3 is 19.7 Å². The number of aliphatic carboxylic acids is 1. The molecule has 1 atom stereocenters. The molecular formula is C15H16O6S. The maximum atomic E-state index is 12.1. The van der Waals surface area contributed by atoms with E-state index in [0.29, 0.717) is 10.3 Å². The molecule has 1 aromatic heterocycles. The number of carboxylic acids is 1. The van der Waals surface area contributed by atoms with Crippen molar-refractivity contribution >= 4 is 33.2 Å². The number of phenolic OH excluding ortho intramolecular Hbond substituents is 1. The summed E-state index contributed by atoms with van der Waals surface area (Å²) in [5, 5.41) is 19.4. The number of rotatable bonds is 7. The Kier molecular flexibility index (Phi) is 4.99. The highest BCUT2D eigenvalue weighted by atomic mass is 32.1. The third-order valence-corrected chi connectivity index (χ3v) is 4.26. The Morgan fingerprint density at radius 3 is 2.68 bits per heavy atom. The van der Waals surface area contributed by atoms with Crippen LogP contribution in [0, 0.1) is 5.92 Å². The zero-order valence-electron chi connectivity index (χ0n) is 12.2. The van der Waals surface area contributed by atoms with E-state index < -0.39 is 11.9 Å². The van der Waals surface area contributed by atoms with Crippen molar-refractivity contribution in [3.05, 3.63) is 23.1 Å². The molecule has 0 aliphatic rings. The predicted octanol–water partition coefficient (Wildman–Crippen LogP) is 2.88. The first-order chi connectivity index (χ1) is 10.4. The van der Waals surface area contributed by atoms with Gasteiger partial charge in [0.15, 0.2) is 24.1 Å². The van der Waals surface area contributed by atoms with Gasteiger partial charge in [-0.1, -0.05) is 6.92 Å². The third-order valence-electron chi connectivity index (χ3n) is 3.12. The molecule has 1 aromatic carbocycles. The summed E-state index contributed by atoms with van der Waals surface area (Å²) in [4.78, 5) is 23.4. The van der Waals surface area contributed by atoms with Crippen molar-refractivity contribution in [1.29, 1.82) is 0 Å². The van der Waals surface area contributed by atoms with E-state index in [0.717, 1.165) is 4.70 Å². The Morgan fingerprint density at radius 2 is 2.05 bits per heavy atom. The second kappa shape index (κ2) is 6.76. The van der Waals surface area contributed by atoms with E-state index in [-0.39, 0.29) is 30.5 Å². The van der Waals surface area contributed by atoms with Crippen molar-refractivity contribution in [3.63, 3.8) is 0 Å². The number of benzene rings is 1. The summed E-state index contributed by atoms with van der Waals surface area (Å²) in [6.07, 6.45) is -0.0544. The second-order valence-electron chi connectivity index (χ2n) is 4.89.